The van der Waals surface area contributed by atoms with Crippen LogP contribution in [-0.4, -0.2) is 61.1 Å². The van der Waals surface area contributed by atoms with Crippen molar-refractivity contribution in [3.8, 4) is 11.4 Å². The summed E-state index contributed by atoms with van der Waals surface area (Å²) in [7, 11) is 0. The summed E-state index contributed by atoms with van der Waals surface area (Å²) in [5.74, 6) is -2.25. The Labute approximate surface area is 232 Å². The number of halogens is 3. The zero-order valence-electron chi connectivity index (χ0n) is 17.3. The van der Waals surface area contributed by atoms with Gasteiger partial charge < -0.3 is 4.74 Å². The Morgan fingerprint density at radius 2 is 1.76 bits per heavy atom. The third-order valence-corrected chi connectivity index (χ3v) is 5.80. The molecule has 0 N–H and O–H groups in total. The Bertz CT molecular complexity index is 1330. The number of hydrogen-bond donors (Lipinski definition) is 0. The van der Waals surface area contributed by atoms with E-state index in [2.05, 4.69) is 10.2 Å². The van der Waals surface area contributed by atoms with Crippen LogP contribution in [0.3, 0.4) is 0 Å². The van der Waals surface area contributed by atoms with Gasteiger partial charge in [-0.25, -0.2) is 9.36 Å². The fraction of sp³-hybridized carbons (Fsp3) is 0.130. The minimum atomic E-state index is -0.814. The average Bonchev–Trinajstić information content (AvgIpc) is 3.47. The van der Waals surface area contributed by atoms with Crippen molar-refractivity contribution < 1.29 is 14.3 Å². The van der Waals surface area contributed by atoms with Crippen LogP contribution >= 0.6 is 34.8 Å². The number of ether oxygens (including phenoxy) is 1. The van der Waals surface area contributed by atoms with Crippen molar-refractivity contribution in [1.82, 2.24) is 19.6 Å². The van der Waals surface area contributed by atoms with Gasteiger partial charge in [-0.3, -0.25) is 9.59 Å². The van der Waals surface area contributed by atoms with E-state index in [1.54, 1.807) is 71.3 Å². The monoisotopic (exact) mass is 526 g/mol. The Hall–Kier alpha value is -2.13. The van der Waals surface area contributed by atoms with E-state index in [4.69, 9.17) is 39.5 Å². The number of aromatic nitrogens is 4. The summed E-state index contributed by atoms with van der Waals surface area (Å²) in [5, 5.41) is 9.42. The molecule has 0 saturated heterocycles. The predicted molar refractivity (Wildman–Crippen MR) is 133 cm³/mol. The average molecular weight is 528 g/mol. The Morgan fingerprint density at radius 3 is 2.44 bits per heavy atom. The molecule has 170 valence electrons. The van der Waals surface area contributed by atoms with Gasteiger partial charge in [-0.2, -0.15) is 10.2 Å². The quantitative estimate of drug-likeness (QED) is 0.205. The maximum absolute atomic E-state index is 12.7. The minimum absolute atomic E-state index is 0. The number of benzene rings is 2. The van der Waals surface area contributed by atoms with Gasteiger partial charge in [0.25, 0.3) is 0 Å². The van der Waals surface area contributed by atoms with Crippen LogP contribution in [0.2, 0.25) is 15.1 Å². The van der Waals surface area contributed by atoms with Crippen LogP contribution in [0.4, 0.5) is 0 Å². The number of rotatable bonds is 6. The molecule has 0 spiro atoms. The van der Waals surface area contributed by atoms with Crippen LogP contribution in [0.5, 0.6) is 0 Å². The molecule has 7 nitrogen and oxygen atoms in total. The van der Waals surface area contributed by atoms with Gasteiger partial charge in [-0.1, -0.05) is 53.0 Å². The predicted octanol–water partition coefficient (Wildman–Crippen LogP) is 4.79. The molecule has 11 heteroatoms. The van der Waals surface area contributed by atoms with E-state index in [1.165, 1.54) is 6.20 Å². The topological polar surface area (TPSA) is 79.0 Å². The van der Waals surface area contributed by atoms with E-state index in [9.17, 15) is 9.59 Å². The molecule has 0 aliphatic carbocycles. The van der Waals surface area contributed by atoms with Crippen molar-refractivity contribution in [2.45, 2.75) is 19.3 Å². The fourth-order valence-corrected chi connectivity index (χ4v) is 4.02. The van der Waals surface area contributed by atoms with Crippen LogP contribution in [-0.2, 0) is 20.7 Å². The number of para-hydroxylation sites is 1. The summed E-state index contributed by atoms with van der Waals surface area (Å²) in [4.78, 5) is 25.2. The summed E-state index contributed by atoms with van der Waals surface area (Å²) in [5.41, 5.74) is 2.31. The van der Waals surface area contributed by atoms with Crippen LogP contribution < -0.4 is 0 Å². The zero-order valence-corrected chi connectivity index (χ0v) is 19.6. The second-order valence-corrected chi connectivity index (χ2v) is 8.45. The standard InChI is InChI=1S/C23H17Cl3N4O3.Na.H/c1-14(17-10-19(26)21(11-18(17)25)29-8-4-7-27-29)23(32)33-22(31)9-15-5-2-3-6-20(15)30-13-16(24)12-28-30;;/h2-8,10-14H,9H2,1H3;;. The van der Waals surface area contributed by atoms with Gasteiger partial charge in [0.1, 0.15) is 0 Å². The molecular formula is C23H18Cl3N4NaO3. The van der Waals surface area contributed by atoms with Gasteiger partial charge in [0.15, 0.2) is 0 Å². The molecule has 34 heavy (non-hydrogen) atoms. The fourth-order valence-electron chi connectivity index (χ4n) is 3.31. The molecule has 1 unspecified atom stereocenters. The molecule has 0 aliphatic heterocycles. The summed E-state index contributed by atoms with van der Waals surface area (Å²) >= 11 is 18.7. The van der Waals surface area contributed by atoms with E-state index in [0.717, 1.165) is 0 Å². The van der Waals surface area contributed by atoms with Crippen molar-refractivity contribution in [3.05, 3.63) is 93.4 Å². The van der Waals surface area contributed by atoms with Gasteiger partial charge in [0.2, 0.25) is 0 Å². The normalized spacial score (nSPS) is 11.5. The first-order chi connectivity index (χ1) is 15.8. The summed E-state index contributed by atoms with van der Waals surface area (Å²) in [6.45, 7) is 1.60. The number of carbonyl (C=O) groups is 2. The number of nitrogens with zero attached hydrogens (tertiary/aromatic N) is 4. The van der Waals surface area contributed by atoms with Crippen molar-refractivity contribution in [1.29, 1.82) is 0 Å². The van der Waals surface area contributed by atoms with Crippen LogP contribution in [0, 0.1) is 0 Å². The molecule has 0 radical (unpaired) electrons. The molecule has 0 bridgehead atoms. The van der Waals surface area contributed by atoms with Crippen LogP contribution in [0.25, 0.3) is 11.4 Å². The first-order valence-corrected chi connectivity index (χ1v) is 11.0. The van der Waals surface area contributed by atoms with Crippen molar-refractivity contribution in [2.75, 3.05) is 0 Å². The second kappa shape index (κ2) is 11.5. The van der Waals surface area contributed by atoms with Crippen molar-refractivity contribution in [2.24, 2.45) is 0 Å². The van der Waals surface area contributed by atoms with Gasteiger partial charge in [0, 0.05) is 23.6 Å². The third kappa shape index (κ3) is 5.92. The zero-order chi connectivity index (χ0) is 23.5. The van der Waals surface area contributed by atoms with Gasteiger partial charge in [0.05, 0.1) is 40.0 Å². The van der Waals surface area contributed by atoms with Gasteiger partial charge >= 0.3 is 41.5 Å². The van der Waals surface area contributed by atoms with Crippen LogP contribution in [0.1, 0.15) is 24.0 Å². The molecule has 1 atom stereocenters. The van der Waals surface area contributed by atoms with Crippen molar-refractivity contribution in [3.63, 3.8) is 0 Å². The third-order valence-electron chi connectivity index (χ3n) is 4.98. The number of esters is 2. The molecule has 4 aromatic rings. The van der Waals surface area contributed by atoms with Crippen molar-refractivity contribution >= 4 is 76.3 Å². The van der Waals surface area contributed by atoms with Gasteiger partial charge in [-0.15, -0.1) is 0 Å². The molecule has 0 fully saturated rings. The molecule has 2 aromatic carbocycles. The molecule has 2 aromatic heterocycles. The van der Waals surface area contributed by atoms with E-state index >= 15 is 0 Å². The first-order valence-electron chi connectivity index (χ1n) is 9.85. The molecule has 0 amide bonds. The van der Waals surface area contributed by atoms with E-state index in [1.807, 2.05) is 6.07 Å². The maximum atomic E-state index is 12.7. The molecule has 0 aliphatic rings. The van der Waals surface area contributed by atoms with E-state index < -0.39 is 17.9 Å². The Balaban J connectivity index is 0.00000324. The summed E-state index contributed by atoms with van der Waals surface area (Å²) in [6.07, 6.45) is 6.33. The second-order valence-electron chi connectivity index (χ2n) is 7.20. The van der Waals surface area contributed by atoms with E-state index in [0.29, 0.717) is 37.6 Å². The Morgan fingerprint density at radius 1 is 1.00 bits per heavy atom. The van der Waals surface area contributed by atoms with Gasteiger partial charge in [-0.05, 0) is 42.3 Å². The molecule has 4 rings (SSSR count). The number of carbonyl (C=O) groups excluding carboxylic acids is 2. The molecular weight excluding hydrogens is 510 g/mol. The Kier molecular flexibility index (Phi) is 8.98. The first kappa shape index (κ1) is 26.5. The summed E-state index contributed by atoms with van der Waals surface area (Å²) < 4.78 is 8.23. The number of hydrogen-bond acceptors (Lipinski definition) is 5. The molecule has 2 heterocycles. The van der Waals surface area contributed by atoms with Crippen LogP contribution in [0.15, 0.2) is 67.3 Å². The molecule has 0 saturated carbocycles. The van der Waals surface area contributed by atoms with E-state index in [-0.39, 0.29) is 36.0 Å². The SMILES string of the molecule is CC(C(=O)OC(=O)Cc1ccccc1-n1cc(Cl)cn1)c1cc(Cl)c(-n2cccn2)cc1Cl.[NaH]. The summed E-state index contributed by atoms with van der Waals surface area (Å²) in [6, 6.07) is 12.1.